The molecule has 0 spiro atoms. The van der Waals surface area contributed by atoms with Crippen LogP contribution in [0.3, 0.4) is 0 Å². The number of hydrogen-bond acceptors (Lipinski definition) is 5. The van der Waals surface area contributed by atoms with Crippen LogP contribution in [0.25, 0.3) is 5.57 Å². The van der Waals surface area contributed by atoms with Crippen molar-refractivity contribution in [2.45, 2.75) is 50.2 Å². The third-order valence-electron chi connectivity index (χ3n) is 8.65. The first-order chi connectivity index (χ1) is 20.4. The SMILES string of the molecule is O=C1CCC(N2Cc3cc(C(=O)N4CCC(N5CC=C(c6cccc(Cl)c6Cl)CC5)C(F)(F)C4)cc(F)c3C2=O)C(=O)N1. The van der Waals surface area contributed by atoms with Crippen LogP contribution in [0.15, 0.2) is 36.4 Å². The molecule has 43 heavy (non-hydrogen) atoms. The van der Waals surface area contributed by atoms with Gasteiger partial charge in [-0.2, -0.15) is 0 Å². The minimum Gasteiger partial charge on any atom is -0.332 e. The number of piperidine rings is 2. The second kappa shape index (κ2) is 11.3. The van der Waals surface area contributed by atoms with Crippen molar-refractivity contribution in [3.05, 3.63) is 74.5 Å². The average molecular weight is 635 g/mol. The lowest BCUT2D eigenvalue weighted by molar-refractivity contribution is -0.136. The monoisotopic (exact) mass is 634 g/mol. The summed E-state index contributed by atoms with van der Waals surface area (Å²) >= 11 is 12.5. The fraction of sp³-hybridized carbons (Fsp3) is 0.400. The van der Waals surface area contributed by atoms with Crippen LogP contribution in [-0.4, -0.2) is 82.5 Å². The Labute approximate surface area is 255 Å². The summed E-state index contributed by atoms with van der Waals surface area (Å²) in [6.07, 6.45) is 2.55. The highest BCUT2D eigenvalue weighted by Gasteiger charge is 2.49. The van der Waals surface area contributed by atoms with Crippen LogP contribution in [-0.2, 0) is 16.1 Å². The van der Waals surface area contributed by atoms with Crippen LogP contribution < -0.4 is 5.32 Å². The molecule has 2 unspecified atom stereocenters. The van der Waals surface area contributed by atoms with E-state index in [0.29, 0.717) is 29.6 Å². The molecule has 0 radical (unpaired) electrons. The smallest absolute Gasteiger partial charge is 0.280 e. The number of rotatable bonds is 4. The van der Waals surface area contributed by atoms with E-state index < -0.39 is 54.0 Å². The Morgan fingerprint density at radius 1 is 1.05 bits per heavy atom. The minimum atomic E-state index is -3.22. The minimum absolute atomic E-state index is 0.0229. The Hall–Kier alpha value is -3.41. The number of nitrogens with one attached hydrogen (secondary N) is 1. The number of likely N-dealkylation sites (tertiary alicyclic amines) is 1. The van der Waals surface area contributed by atoms with Crippen LogP contribution in [0.4, 0.5) is 13.2 Å². The molecular formula is C30H27Cl2F3N4O4. The maximum Gasteiger partial charge on any atom is 0.280 e. The maximum absolute atomic E-state index is 15.5. The van der Waals surface area contributed by atoms with E-state index in [-0.39, 0.29) is 49.0 Å². The normalized spacial score (nSPS) is 24.1. The predicted octanol–water partition coefficient (Wildman–Crippen LogP) is 4.53. The van der Waals surface area contributed by atoms with Crippen molar-refractivity contribution in [2.75, 3.05) is 26.2 Å². The van der Waals surface area contributed by atoms with Gasteiger partial charge >= 0.3 is 0 Å². The standard InChI is InChI=1S/C30H27Cl2F3N4O4/c31-20-3-1-2-19(26(20)32)16-6-9-37(10-7-16)23-8-11-38(15-30(23,34)35)28(42)17-12-18-14-39(29(43)25(18)21(33)13-17)22-4-5-24(40)36-27(22)41/h1-3,6,12-13,22-23H,4-5,7-11,14-15H2,(H,36,40,41). The van der Waals surface area contributed by atoms with Crippen molar-refractivity contribution in [1.29, 1.82) is 0 Å². The van der Waals surface area contributed by atoms with Gasteiger partial charge in [-0.3, -0.25) is 29.4 Å². The zero-order valence-electron chi connectivity index (χ0n) is 22.8. The van der Waals surface area contributed by atoms with Gasteiger partial charge in [0.1, 0.15) is 11.9 Å². The fourth-order valence-corrected chi connectivity index (χ4v) is 6.90. The van der Waals surface area contributed by atoms with Crippen molar-refractivity contribution < 1.29 is 32.3 Å². The van der Waals surface area contributed by atoms with E-state index in [1.807, 2.05) is 12.1 Å². The first-order valence-corrected chi connectivity index (χ1v) is 14.7. The largest absolute Gasteiger partial charge is 0.332 e. The molecular weight excluding hydrogens is 608 g/mol. The molecule has 13 heteroatoms. The second-order valence-corrected chi connectivity index (χ2v) is 12.0. The van der Waals surface area contributed by atoms with Crippen molar-refractivity contribution in [2.24, 2.45) is 0 Å². The van der Waals surface area contributed by atoms with Gasteiger partial charge in [0.15, 0.2) is 0 Å². The molecule has 0 aliphatic carbocycles. The molecule has 2 fully saturated rings. The van der Waals surface area contributed by atoms with Gasteiger partial charge in [-0.05, 0) is 54.2 Å². The molecule has 2 saturated heterocycles. The Balaban J connectivity index is 1.13. The lowest BCUT2D eigenvalue weighted by atomic mass is 9.93. The molecule has 2 aromatic carbocycles. The first kappa shape index (κ1) is 29.7. The highest BCUT2D eigenvalue weighted by atomic mass is 35.5. The number of alkyl halides is 2. The summed E-state index contributed by atoms with van der Waals surface area (Å²) in [6.45, 7) is -0.242. The summed E-state index contributed by atoms with van der Waals surface area (Å²) in [5, 5.41) is 3.03. The van der Waals surface area contributed by atoms with Gasteiger partial charge in [0.25, 0.3) is 17.7 Å². The Morgan fingerprint density at radius 2 is 1.84 bits per heavy atom. The molecule has 0 saturated carbocycles. The number of nitrogens with zero attached hydrogens (tertiary/aromatic N) is 3. The summed E-state index contributed by atoms with van der Waals surface area (Å²) in [7, 11) is 0. The van der Waals surface area contributed by atoms with Crippen molar-refractivity contribution in [1.82, 2.24) is 20.0 Å². The average Bonchev–Trinajstić information content (AvgIpc) is 3.30. The summed E-state index contributed by atoms with van der Waals surface area (Å²) in [6, 6.07) is 5.50. The molecule has 2 aromatic rings. The molecule has 4 aliphatic heterocycles. The highest BCUT2D eigenvalue weighted by Crippen LogP contribution is 2.38. The quantitative estimate of drug-likeness (QED) is 0.499. The van der Waals surface area contributed by atoms with Crippen LogP contribution in [0.2, 0.25) is 10.0 Å². The van der Waals surface area contributed by atoms with E-state index in [2.05, 4.69) is 5.32 Å². The Bertz CT molecular complexity index is 1580. The third kappa shape index (κ3) is 5.42. The van der Waals surface area contributed by atoms with Gasteiger partial charge in [-0.15, -0.1) is 0 Å². The first-order valence-electron chi connectivity index (χ1n) is 14.0. The molecule has 4 amide bonds. The number of amides is 4. The molecule has 1 N–H and O–H groups in total. The van der Waals surface area contributed by atoms with Crippen molar-refractivity contribution in [3.63, 3.8) is 0 Å². The molecule has 226 valence electrons. The topological polar surface area (TPSA) is 90.0 Å². The lowest BCUT2D eigenvalue weighted by Crippen LogP contribution is -2.60. The lowest BCUT2D eigenvalue weighted by Gasteiger charge is -2.44. The van der Waals surface area contributed by atoms with E-state index in [0.717, 1.165) is 22.1 Å². The summed E-state index contributed by atoms with van der Waals surface area (Å²) in [4.78, 5) is 53.9. The summed E-state index contributed by atoms with van der Waals surface area (Å²) < 4.78 is 46.2. The van der Waals surface area contributed by atoms with Gasteiger partial charge < -0.3 is 9.80 Å². The zero-order valence-corrected chi connectivity index (χ0v) is 24.4. The molecule has 0 aromatic heterocycles. The molecule has 0 bridgehead atoms. The number of carbonyl (C=O) groups excluding carboxylic acids is 4. The van der Waals surface area contributed by atoms with E-state index in [9.17, 15) is 19.2 Å². The van der Waals surface area contributed by atoms with Crippen LogP contribution >= 0.6 is 23.2 Å². The Morgan fingerprint density at radius 3 is 2.53 bits per heavy atom. The number of imide groups is 1. The fourth-order valence-electron chi connectivity index (χ4n) is 6.48. The molecule has 8 nitrogen and oxygen atoms in total. The van der Waals surface area contributed by atoms with E-state index in [1.54, 1.807) is 17.0 Å². The number of benzene rings is 2. The van der Waals surface area contributed by atoms with Gasteiger partial charge in [-0.1, -0.05) is 41.4 Å². The van der Waals surface area contributed by atoms with E-state index in [1.165, 1.54) is 11.0 Å². The highest BCUT2D eigenvalue weighted by molar-refractivity contribution is 6.43. The van der Waals surface area contributed by atoms with Crippen LogP contribution in [0, 0.1) is 5.82 Å². The van der Waals surface area contributed by atoms with E-state index in [4.69, 9.17) is 23.2 Å². The number of carbonyl (C=O) groups is 4. The summed E-state index contributed by atoms with van der Waals surface area (Å²) in [5.74, 6) is -6.76. The molecule has 2 atom stereocenters. The number of halogens is 5. The van der Waals surface area contributed by atoms with Gasteiger partial charge in [-0.25, -0.2) is 13.2 Å². The third-order valence-corrected chi connectivity index (χ3v) is 9.47. The van der Waals surface area contributed by atoms with Gasteiger partial charge in [0.05, 0.1) is 28.2 Å². The second-order valence-electron chi connectivity index (χ2n) is 11.3. The molecule has 4 heterocycles. The van der Waals surface area contributed by atoms with Gasteiger partial charge in [0, 0.05) is 38.2 Å². The Kier molecular flexibility index (Phi) is 7.76. The maximum atomic E-state index is 15.5. The van der Waals surface area contributed by atoms with Crippen LogP contribution in [0.1, 0.15) is 57.5 Å². The predicted molar refractivity (Wildman–Crippen MR) is 152 cm³/mol. The molecule has 6 rings (SSSR count). The van der Waals surface area contributed by atoms with Gasteiger partial charge in [0.2, 0.25) is 11.8 Å². The number of hydrogen-bond donors (Lipinski definition) is 1. The zero-order chi connectivity index (χ0) is 30.6. The van der Waals surface area contributed by atoms with Crippen molar-refractivity contribution in [3.8, 4) is 0 Å². The molecule has 4 aliphatic rings. The van der Waals surface area contributed by atoms with E-state index >= 15 is 13.2 Å². The number of fused-ring (bicyclic) bond motifs is 1. The summed E-state index contributed by atoms with van der Waals surface area (Å²) in [5.41, 5.74) is 1.50. The van der Waals surface area contributed by atoms with Crippen LogP contribution in [0.5, 0.6) is 0 Å². The van der Waals surface area contributed by atoms with Crippen molar-refractivity contribution >= 4 is 52.4 Å².